The summed E-state index contributed by atoms with van der Waals surface area (Å²) in [6, 6.07) is 8.98. The summed E-state index contributed by atoms with van der Waals surface area (Å²) >= 11 is 1.05. The Morgan fingerprint density at radius 3 is 2.22 bits per heavy atom. The van der Waals surface area contributed by atoms with Crippen LogP contribution in [0.5, 0.6) is 0 Å². The van der Waals surface area contributed by atoms with Crippen molar-refractivity contribution in [3.63, 3.8) is 0 Å². The Balaban J connectivity index is 2.40. The number of rotatable bonds is 12. The number of hydrogen-bond donors (Lipinski definition) is 3. The zero-order valence-corrected chi connectivity index (χ0v) is 23.2. The van der Waals surface area contributed by atoms with Gasteiger partial charge < -0.3 is 24.8 Å². The number of carboxylic acids is 2. The van der Waals surface area contributed by atoms with Gasteiger partial charge in [-0.1, -0.05) is 64.2 Å². The predicted octanol–water partition coefficient (Wildman–Crippen LogP) is 2.34. The third-order valence-electron chi connectivity index (χ3n) is 6.87. The lowest BCUT2D eigenvalue weighted by atomic mass is 10.0. The minimum Gasteiger partial charge on any atom is -0.481 e. The fourth-order valence-corrected chi connectivity index (χ4v) is 8.41. The zero-order valence-electron chi connectivity index (χ0n) is 21.4. The van der Waals surface area contributed by atoms with Gasteiger partial charge in [0.05, 0.1) is 12.8 Å². The Morgan fingerprint density at radius 1 is 1.17 bits per heavy atom. The van der Waals surface area contributed by atoms with Crippen LogP contribution in [0.3, 0.4) is 0 Å². The number of hydrogen-bond acceptors (Lipinski definition) is 7. The molecule has 1 aromatic carbocycles. The highest BCUT2D eigenvalue weighted by molar-refractivity contribution is 8.00. The minimum absolute atomic E-state index is 0.00977. The third kappa shape index (κ3) is 5.98. The van der Waals surface area contributed by atoms with Crippen LogP contribution in [-0.2, 0) is 35.1 Å². The number of nitrogens with zero attached hydrogens (tertiary/aromatic N) is 1. The number of benzene rings is 1. The van der Waals surface area contributed by atoms with Gasteiger partial charge in [0.15, 0.2) is 8.24 Å². The van der Waals surface area contributed by atoms with Crippen molar-refractivity contribution in [1.82, 2.24) is 9.88 Å². The summed E-state index contributed by atoms with van der Waals surface area (Å²) in [7, 11) is -1.22. The monoisotopic (exact) mass is 538 g/mol. The first-order chi connectivity index (χ1) is 16.6. The molecule has 1 heterocycles. The van der Waals surface area contributed by atoms with E-state index in [1.807, 2.05) is 39.9 Å². The molecule has 1 aliphatic heterocycles. The number of carboxylic acid groups (broad SMARTS) is 2. The average molecular weight is 539 g/mol. The second-order valence-electron chi connectivity index (χ2n) is 10.3. The molecule has 3 atom stereocenters. The number of thioether (sulfide) groups is 1. The quantitative estimate of drug-likeness (QED) is 0.158. The number of nitrogens with one attached hydrogen (secondary N) is 1. The van der Waals surface area contributed by atoms with Crippen LogP contribution in [0.4, 0.5) is 0 Å². The molecule has 0 aromatic heterocycles. The molecule has 12 heteroatoms. The van der Waals surface area contributed by atoms with E-state index in [1.54, 1.807) is 28.8 Å². The van der Waals surface area contributed by atoms with E-state index in [0.29, 0.717) is 0 Å². The van der Waals surface area contributed by atoms with Gasteiger partial charge in [-0.2, -0.15) is 0 Å². The molecule has 0 bridgehead atoms. The van der Waals surface area contributed by atoms with Crippen molar-refractivity contribution < 1.29 is 38.9 Å². The molecule has 1 aromatic rings. The molecule has 2 amide bonds. The molecule has 1 unspecified atom stereocenters. The van der Waals surface area contributed by atoms with Crippen LogP contribution in [0.1, 0.15) is 32.8 Å². The first-order valence-corrected chi connectivity index (χ1v) is 15.4. The average Bonchev–Trinajstić information content (AvgIpc) is 2.77. The summed E-state index contributed by atoms with van der Waals surface area (Å²) in [5.74, 6) is -6.60. The highest BCUT2D eigenvalue weighted by Gasteiger charge is 2.68. The normalized spacial score (nSPS) is 20.9. The Morgan fingerprint density at radius 2 is 1.75 bits per heavy atom. The molecule has 2 rings (SSSR count). The molecule has 1 saturated heterocycles. The molecule has 3 N–H and O–H groups in total. The van der Waals surface area contributed by atoms with Gasteiger partial charge in [-0.3, -0.25) is 19.2 Å². The van der Waals surface area contributed by atoms with Crippen molar-refractivity contribution in [2.24, 2.45) is 5.92 Å². The predicted molar refractivity (Wildman–Crippen MR) is 137 cm³/mol. The highest BCUT2D eigenvalue weighted by atomic mass is 32.2. The summed E-state index contributed by atoms with van der Waals surface area (Å²) < 4.78 is 7.31. The number of carbonyl (C=O) groups excluding carboxylic acids is 3. The zero-order chi connectivity index (χ0) is 27.5. The summed E-state index contributed by atoms with van der Waals surface area (Å²) in [5.41, 5.74) is -0.987. The van der Waals surface area contributed by atoms with E-state index in [2.05, 4.69) is 5.32 Å². The van der Waals surface area contributed by atoms with E-state index in [-0.39, 0.29) is 17.2 Å². The van der Waals surface area contributed by atoms with Crippen LogP contribution in [0.15, 0.2) is 30.3 Å². The lowest BCUT2D eigenvalue weighted by Gasteiger charge is -2.62. The maximum absolute atomic E-state index is 13.6. The Kier molecular flexibility index (Phi) is 9.13. The topological polar surface area (TPSA) is 150 Å². The number of Topliss-reactive ketones (excluding diaryl/α,β-unsaturated/α-hetero) is 1. The largest absolute Gasteiger partial charge is 0.481 e. The lowest BCUT2D eigenvalue weighted by Crippen LogP contribution is -2.85. The van der Waals surface area contributed by atoms with Crippen molar-refractivity contribution in [2.75, 3.05) is 12.9 Å². The third-order valence-corrected chi connectivity index (χ3v) is 13.8. The van der Waals surface area contributed by atoms with Gasteiger partial charge in [-0.05, 0) is 10.6 Å². The molecule has 1 aliphatic rings. The number of aliphatic carboxylic acids is 2. The van der Waals surface area contributed by atoms with Crippen LogP contribution in [0, 0.1) is 5.92 Å². The van der Waals surface area contributed by atoms with Gasteiger partial charge in [0, 0.05) is 18.8 Å². The van der Waals surface area contributed by atoms with E-state index >= 15 is 0 Å². The summed E-state index contributed by atoms with van der Waals surface area (Å²) in [6.45, 7) is 10.0. The first-order valence-electron chi connectivity index (χ1n) is 11.4. The molecule has 198 valence electrons. The van der Waals surface area contributed by atoms with Gasteiger partial charge in [-0.25, -0.2) is 4.79 Å². The lowest BCUT2D eigenvalue weighted by molar-refractivity contribution is -0.185. The van der Waals surface area contributed by atoms with E-state index in [4.69, 9.17) is 9.84 Å². The van der Waals surface area contributed by atoms with E-state index in [0.717, 1.165) is 17.3 Å². The maximum atomic E-state index is 13.6. The maximum Gasteiger partial charge on any atom is 0.372 e. The molecular formula is C24H34N2O8SSi. The fraction of sp³-hybridized carbons (Fsp3) is 0.542. The molecule has 0 aliphatic carbocycles. The van der Waals surface area contributed by atoms with Crippen molar-refractivity contribution in [3.8, 4) is 0 Å². The van der Waals surface area contributed by atoms with Crippen LogP contribution < -0.4 is 5.32 Å². The first kappa shape index (κ1) is 29.5. The van der Waals surface area contributed by atoms with Crippen LogP contribution in [0.25, 0.3) is 0 Å². The minimum atomic E-state index is -2.52. The van der Waals surface area contributed by atoms with E-state index in [1.165, 1.54) is 7.11 Å². The van der Waals surface area contributed by atoms with Gasteiger partial charge in [-0.15, -0.1) is 11.8 Å². The smallest absolute Gasteiger partial charge is 0.372 e. The van der Waals surface area contributed by atoms with E-state index < -0.39 is 61.2 Å². The van der Waals surface area contributed by atoms with Crippen LogP contribution in [-0.4, -0.2) is 76.5 Å². The summed E-state index contributed by atoms with van der Waals surface area (Å²) in [6.07, 6.45) is -0.658. The Hall–Kier alpha value is -2.70. The number of amides is 2. The van der Waals surface area contributed by atoms with Crippen molar-refractivity contribution in [2.45, 2.75) is 62.8 Å². The number of β-lactam (4-membered cyclic amide) rings is 1. The second-order valence-corrected chi connectivity index (χ2v) is 16.5. The molecule has 36 heavy (non-hydrogen) atoms. The molecule has 0 saturated carbocycles. The van der Waals surface area contributed by atoms with Crippen molar-refractivity contribution in [3.05, 3.63) is 35.9 Å². The molecule has 10 nitrogen and oxygen atoms in total. The van der Waals surface area contributed by atoms with Gasteiger partial charge in [0.1, 0.15) is 5.37 Å². The molecule has 0 spiro atoms. The van der Waals surface area contributed by atoms with Crippen LogP contribution in [0.2, 0.25) is 18.1 Å². The molecular weight excluding hydrogens is 504 g/mol. The fourth-order valence-electron chi connectivity index (χ4n) is 3.81. The van der Waals surface area contributed by atoms with Crippen molar-refractivity contribution in [1.29, 1.82) is 0 Å². The highest BCUT2D eigenvalue weighted by Crippen LogP contribution is 2.50. The number of carbonyl (C=O) groups is 5. The molecule has 0 radical (unpaired) electrons. The van der Waals surface area contributed by atoms with Crippen molar-refractivity contribution >= 4 is 49.5 Å². The summed E-state index contributed by atoms with van der Waals surface area (Å²) in [4.78, 5) is 61.3. The SMILES string of the molecule is CO[C@@]1(NC(=O)Cc2ccccc2)C(=O)N([Si](C)(C)C(C)(C)C)[C@@H]1SCC(CC(=O)O)C(=O)C(=O)O. The Bertz CT molecular complexity index is 1030. The van der Waals surface area contributed by atoms with Crippen LogP contribution >= 0.6 is 11.8 Å². The number of ketones is 1. The standard InChI is InChI=1S/C24H34N2O8SSi/c1-23(2,3)36(5,6)26-21(33)24(34-4,25-17(27)12-15-10-8-7-9-11-15)22(26)35-14-16(13-18(28)29)19(30)20(31)32/h7-11,16,22H,12-14H2,1-6H3,(H,25,27)(H,28,29)(H,31,32)/t16?,22-,24+/m1/s1. The second kappa shape index (κ2) is 11.1. The van der Waals surface area contributed by atoms with Gasteiger partial charge >= 0.3 is 11.9 Å². The van der Waals surface area contributed by atoms with Gasteiger partial charge in [0.2, 0.25) is 17.4 Å². The number of methoxy groups -OCH3 is 1. The van der Waals surface area contributed by atoms with Gasteiger partial charge in [0.25, 0.3) is 5.91 Å². The Labute approximate surface area is 215 Å². The summed E-state index contributed by atoms with van der Waals surface area (Å²) in [5, 5.41) is 20.0. The number of ether oxygens (including phenoxy) is 1. The van der Waals surface area contributed by atoms with E-state index in [9.17, 15) is 29.1 Å². The molecule has 1 fully saturated rings.